The number of pyridine rings is 1. The van der Waals surface area contributed by atoms with Crippen LogP contribution in [0.2, 0.25) is 0 Å². The lowest BCUT2D eigenvalue weighted by Gasteiger charge is -2.31. The van der Waals surface area contributed by atoms with Crippen LogP contribution in [0, 0.1) is 6.92 Å². The Labute approximate surface area is 180 Å². The van der Waals surface area contributed by atoms with E-state index in [-0.39, 0.29) is 24.8 Å². The van der Waals surface area contributed by atoms with Gasteiger partial charge in [-0.3, -0.25) is 4.90 Å². The molecule has 0 spiro atoms. The van der Waals surface area contributed by atoms with Crippen LogP contribution in [-0.2, 0) is 11.3 Å². The molecule has 2 N–H and O–H groups in total. The SMILES string of the molecule is Cc1ccc2cc(CN3CCCC(N)CC3)c(N3CCOCC3)nc2c1.Cl.Cl. The van der Waals surface area contributed by atoms with Crippen molar-refractivity contribution in [3.63, 3.8) is 0 Å². The van der Waals surface area contributed by atoms with Gasteiger partial charge in [0.05, 0.1) is 18.7 Å². The molecule has 3 heterocycles. The van der Waals surface area contributed by atoms with E-state index in [1.54, 1.807) is 0 Å². The third kappa shape index (κ3) is 5.49. The molecule has 2 aliphatic rings. The third-order valence-electron chi connectivity index (χ3n) is 5.60. The number of anilines is 1. The molecule has 1 atom stereocenters. The third-order valence-corrected chi connectivity index (χ3v) is 5.60. The fourth-order valence-electron chi connectivity index (χ4n) is 4.06. The summed E-state index contributed by atoms with van der Waals surface area (Å²) in [6.07, 6.45) is 3.42. The summed E-state index contributed by atoms with van der Waals surface area (Å²) in [6, 6.07) is 9.26. The number of benzene rings is 1. The van der Waals surface area contributed by atoms with Crippen molar-refractivity contribution in [3.05, 3.63) is 35.4 Å². The van der Waals surface area contributed by atoms with Crippen molar-refractivity contribution in [2.45, 2.75) is 38.8 Å². The van der Waals surface area contributed by atoms with E-state index in [1.807, 2.05) is 0 Å². The highest BCUT2D eigenvalue weighted by molar-refractivity contribution is 5.85. The monoisotopic (exact) mass is 426 g/mol. The molecule has 1 unspecified atom stereocenters. The maximum atomic E-state index is 6.16. The Kier molecular flexibility index (Phi) is 8.78. The van der Waals surface area contributed by atoms with E-state index in [9.17, 15) is 0 Å². The highest BCUT2D eigenvalue weighted by Gasteiger charge is 2.20. The second-order valence-corrected chi connectivity index (χ2v) is 7.73. The van der Waals surface area contributed by atoms with Gasteiger partial charge in [-0.1, -0.05) is 12.1 Å². The Morgan fingerprint density at radius 3 is 2.64 bits per heavy atom. The van der Waals surface area contributed by atoms with Crippen LogP contribution in [0.25, 0.3) is 10.9 Å². The standard InChI is InChI=1S/C21H30N4O.2ClH/c1-16-4-5-17-14-18(15-24-7-2-3-19(22)6-8-24)21(23-20(17)13-16)25-9-11-26-12-10-25;;/h4-5,13-14,19H,2-3,6-12,15,22H2,1H3;2*1H. The molecule has 1 aromatic carbocycles. The molecule has 2 aliphatic heterocycles. The molecule has 0 amide bonds. The molecule has 1 aromatic heterocycles. The summed E-state index contributed by atoms with van der Waals surface area (Å²) in [7, 11) is 0. The van der Waals surface area contributed by atoms with Crippen molar-refractivity contribution in [3.8, 4) is 0 Å². The van der Waals surface area contributed by atoms with Gasteiger partial charge in [-0.2, -0.15) is 0 Å². The molecule has 2 fully saturated rings. The first-order chi connectivity index (χ1) is 12.7. The number of nitrogens with zero attached hydrogens (tertiary/aromatic N) is 3. The number of rotatable bonds is 3. The minimum Gasteiger partial charge on any atom is -0.378 e. The molecule has 2 aromatic rings. The van der Waals surface area contributed by atoms with Crippen LogP contribution in [0.4, 0.5) is 5.82 Å². The normalized spacial score (nSPS) is 20.9. The number of aryl methyl sites for hydroxylation is 1. The number of morpholine rings is 1. The number of fused-ring (bicyclic) bond motifs is 1. The number of hydrogen-bond acceptors (Lipinski definition) is 5. The first kappa shape index (κ1) is 23.2. The second-order valence-electron chi connectivity index (χ2n) is 7.73. The van der Waals surface area contributed by atoms with E-state index in [2.05, 4.69) is 41.0 Å². The van der Waals surface area contributed by atoms with Gasteiger partial charge < -0.3 is 15.4 Å². The van der Waals surface area contributed by atoms with Crippen molar-refractivity contribution in [1.29, 1.82) is 0 Å². The van der Waals surface area contributed by atoms with Crippen LogP contribution in [0.15, 0.2) is 24.3 Å². The minimum atomic E-state index is 0. The van der Waals surface area contributed by atoms with Crippen LogP contribution in [0.3, 0.4) is 0 Å². The maximum Gasteiger partial charge on any atom is 0.133 e. The fourth-order valence-corrected chi connectivity index (χ4v) is 4.06. The van der Waals surface area contributed by atoms with E-state index in [0.29, 0.717) is 6.04 Å². The van der Waals surface area contributed by atoms with Gasteiger partial charge in [0.2, 0.25) is 0 Å². The molecule has 7 heteroatoms. The van der Waals surface area contributed by atoms with Gasteiger partial charge in [0.15, 0.2) is 0 Å². The van der Waals surface area contributed by atoms with Crippen molar-refractivity contribution in [2.75, 3.05) is 44.3 Å². The van der Waals surface area contributed by atoms with Crippen molar-refractivity contribution in [2.24, 2.45) is 5.73 Å². The van der Waals surface area contributed by atoms with Crippen LogP contribution in [-0.4, -0.2) is 55.3 Å². The molecule has 2 saturated heterocycles. The predicted octanol–water partition coefficient (Wildman–Crippen LogP) is 3.54. The van der Waals surface area contributed by atoms with Gasteiger partial charge in [0.25, 0.3) is 0 Å². The van der Waals surface area contributed by atoms with Crippen LogP contribution in [0.1, 0.15) is 30.4 Å². The highest BCUT2D eigenvalue weighted by Crippen LogP contribution is 2.27. The molecule has 28 heavy (non-hydrogen) atoms. The molecule has 0 saturated carbocycles. The van der Waals surface area contributed by atoms with Crippen LogP contribution in [0.5, 0.6) is 0 Å². The van der Waals surface area contributed by atoms with Gasteiger partial charge in [0, 0.05) is 36.6 Å². The van der Waals surface area contributed by atoms with E-state index >= 15 is 0 Å². The number of likely N-dealkylation sites (tertiary alicyclic amines) is 1. The molecule has 4 rings (SSSR count). The zero-order valence-corrected chi connectivity index (χ0v) is 18.2. The Morgan fingerprint density at radius 2 is 1.86 bits per heavy atom. The smallest absolute Gasteiger partial charge is 0.133 e. The van der Waals surface area contributed by atoms with Gasteiger partial charge in [0.1, 0.15) is 5.82 Å². The molecular formula is C21H32Cl2N4O. The Morgan fingerprint density at radius 1 is 1.07 bits per heavy atom. The summed E-state index contributed by atoms with van der Waals surface area (Å²) >= 11 is 0. The molecule has 5 nitrogen and oxygen atoms in total. The summed E-state index contributed by atoms with van der Waals surface area (Å²) < 4.78 is 5.55. The molecule has 0 radical (unpaired) electrons. The molecule has 0 aliphatic carbocycles. The Balaban J connectivity index is 0.00000140. The zero-order chi connectivity index (χ0) is 17.9. The number of halogens is 2. The van der Waals surface area contributed by atoms with Crippen molar-refractivity contribution >= 4 is 41.5 Å². The summed E-state index contributed by atoms with van der Waals surface area (Å²) in [5.41, 5.74) is 9.84. The van der Waals surface area contributed by atoms with Gasteiger partial charge in [-0.25, -0.2) is 4.98 Å². The summed E-state index contributed by atoms with van der Waals surface area (Å²) in [5, 5.41) is 1.23. The topological polar surface area (TPSA) is 54.6 Å². The lowest BCUT2D eigenvalue weighted by Crippen LogP contribution is -2.38. The average Bonchev–Trinajstić information content (AvgIpc) is 2.86. The summed E-state index contributed by atoms with van der Waals surface area (Å²) in [6.45, 7) is 8.69. The zero-order valence-electron chi connectivity index (χ0n) is 16.6. The van der Waals surface area contributed by atoms with Crippen LogP contribution >= 0.6 is 24.8 Å². The summed E-state index contributed by atoms with van der Waals surface area (Å²) in [4.78, 5) is 10.0. The highest BCUT2D eigenvalue weighted by atomic mass is 35.5. The van der Waals surface area contributed by atoms with E-state index in [1.165, 1.54) is 22.9 Å². The van der Waals surface area contributed by atoms with Gasteiger partial charge in [-0.05, 0) is 57.0 Å². The van der Waals surface area contributed by atoms with Gasteiger partial charge in [-0.15, -0.1) is 24.8 Å². The number of ether oxygens (including phenoxy) is 1. The van der Waals surface area contributed by atoms with Crippen LogP contribution < -0.4 is 10.6 Å². The lowest BCUT2D eigenvalue weighted by atomic mass is 10.1. The van der Waals surface area contributed by atoms with E-state index in [4.69, 9.17) is 15.5 Å². The van der Waals surface area contributed by atoms with Crippen molar-refractivity contribution in [1.82, 2.24) is 9.88 Å². The quantitative estimate of drug-likeness (QED) is 0.812. The number of hydrogen-bond donors (Lipinski definition) is 1. The number of nitrogens with two attached hydrogens (primary N) is 1. The first-order valence-corrected chi connectivity index (χ1v) is 9.90. The second kappa shape index (κ2) is 10.6. The van der Waals surface area contributed by atoms with Crippen molar-refractivity contribution < 1.29 is 4.74 Å². The van der Waals surface area contributed by atoms with Gasteiger partial charge >= 0.3 is 0 Å². The Hall–Kier alpha value is -1.11. The molecule has 156 valence electrons. The molecular weight excluding hydrogens is 395 g/mol. The average molecular weight is 427 g/mol. The minimum absolute atomic E-state index is 0. The number of aromatic nitrogens is 1. The molecule has 0 bridgehead atoms. The van der Waals surface area contributed by atoms with E-state index in [0.717, 1.165) is 70.1 Å². The lowest BCUT2D eigenvalue weighted by molar-refractivity contribution is 0.122. The van der Waals surface area contributed by atoms with E-state index < -0.39 is 0 Å². The summed E-state index contributed by atoms with van der Waals surface area (Å²) in [5.74, 6) is 1.14. The predicted molar refractivity (Wildman–Crippen MR) is 121 cm³/mol. The maximum absolute atomic E-state index is 6.16. The Bertz CT molecular complexity index is 767. The first-order valence-electron chi connectivity index (χ1n) is 9.90. The fraction of sp³-hybridized carbons (Fsp3) is 0.571. The largest absolute Gasteiger partial charge is 0.378 e.